The Morgan fingerprint density at radius 1 is 1.40 bits per heavy atom. The molecule has 0 atom stereocenters. The molecule has 0 amide bonds. The van der Waals surface area contributed by atoms with Crippen LogP contribution in [0.4, 0.5) is 0 Å². The standard InChI is InChI=1S/C4H9O.C4H9.Mg/c1-2-3-4-5;1-4(2)3;/h2-4H2,1H3;4H,1H2,2-3H3;/q-1;;+1. The third-order valence-electron chi connectivity index (χ3n) is 1.48. The normalized spacial score (nSPS) is 10.0. The Kier molecular flexibility index (Phi) is 8.40. The van der Waals surface area contributed by atoms with Crippen molar-refractivity contribution in [3.8, 4) is 0 Å². The largest absolute Gasteiger partial charge is 0.566 e. The second-order valence-corrected chi connectivity index (χ2v) is 4.54. The van der Waals surface area contributed by atoms with E-state index in [0.29, 0.717) is 0 Å². The molecule has 58 valence electrons. The lowest BCUT2D eigenvalue weighted by Crippen LogP contribution is -2.02. The number of hydrogen-bond acceptors (Lipinski definition) is 1. The minimum atomic E-state index is -0.156. The molecular formula is C8H18MgO. The molecule has 0 unspecified atom stereocenters. The zero-order valence-corrected chi connectivity index (χ0v) is 8.94. The summed E-state index contributed by atoms with van der Waals surface area (Å²) in [6, 6.07) is 0. The summed E-state index contributed by atoms with van der Waals surface area (Å²) in [6.45, 7) is 7.73. The average Bonchev–Trinajstić information content (AvgIpc) is 1.87. The van der Waals surface area contributed by atoms with E-state index in [4.69, 9.17) is 3.17 Å². The van der Waals surface area contributed by atoms with E-state index in [0.717, 1.165) is 12.5 Å². The molecule has 0 aromatic heterocycles. The van der Waals surface area contributed by atoms with E-state index in [2.05, 4.69) is 20.8 Å². The number of rotatable bonds is 6. The van der Waals surface area contributed by atoms with E-state index in [1.165, 1.54) is 17.4 Å². The molecule has 0 aliphatic carbocycles. The summed E-state index contributed by atoms with van der Waals surface area (Å²) in [7, 11) is 0. The topological polar surface area (TPSA) is 9.23 Å². The molecule has 0 aliphatic rings. The molecule has 0 N–H and O–H groups in total. The zero-order chi connectivity index (χ0) is 7.82. The molecule has 1 nitrogen and oxygen atoms in total. The van der Waals surface area contributed by atoms with Crippen LogP contribution in [0.3, 0.4) is 0 Å². The first-order chi connectivity index (χ1) is 4.77. The van der Waals surface area contributed by atoms with Crippen LogP contribution in [0.1, 0.15) is 33.6 Å². The van der Waals surface area contributed by atoms with Gasteiger partial charge in [0.2, 0.25) is 0 Å². The van der Waals surface area contributed by atoms with Gasteiger partial charge in [0.05, 0.1) is 0 Å². The van der Waals surface area contributed by atoms with Crippen LogP contribution in [-0.4, -0.2) is 27.4 Å². The minimum absolute atomic E-state index is 0.156. The fourth-order valence-electron chi connectivity index (χ4n) is 0.667. The molecule has 0 saturated heterocycles. The lowest BCUT2D eigenvalue weighted by Gasteiger charge is -2.03. The van der Waals surface area contributed by atoms with Gasteiger partial charge in [0, 0.05) is 6.61 Å². The highest BCUT2D eigenvalue weighted by atomic mass is 24.5. The van der Waals surface area contributed by atoms with Crippen LogP contribution < -0.4 is 0 Å². The molecule has 0 fully saturated rings. The lowest BCUT2D eigenvalue weighted by molar-refractivity contribution is 0.323. The predicted molar refractivity (Wildman–Crippen MR) is 46.3 cm³/mol. The first kappa shape index (κ1) is 10.7. The van der Waals surface area contributed by atoms with E-state index < -0.39 is 0 Å². The van der Waals surface area contributed by atoms with Crippen LogP contribution in [0, 0.1) is 5.92 Å². The van der Waals surface area contributed by atoms with E-state index >= 15 is 0 Å². The second-order valence-electron chi connectivity index (χ2n) is 3.15. The van der Waals surface area contributed by atoms with Crippen molar-refractivity contribution in [2.75, 3.05) is 6.61 Å². The van der Waals surface area contributed by atoms with Crippen molar-refractivity contribution in [2.45, 2.75) is 38.2 Å². The zero-order valence-electron chi connectivity index (χ0n) is 7.52. The van der Waals surface area contributed by atoms with Crippen LogP contribution in [0.5, 0.6) is 0 Å². The van der Waals surface area contributed by atoms with Crippen molar-refractivity contribution < 1.29 is 3.17 Å². The van der Waals surface area contributed by atoms with Gasteiger partial charge in [-0.15, -0.1) is 4.55 Å². The average molecular weight is 155 g/mol. The molecule has 0 radical (unpaired) electrons. The highest BCUT2D eigenvalue weighted by Gasteiger charge is 1.99. The number of unbranched alkanes of at least 4 members (excludes halogenated alkanes) is 1. The van der Waals surface area contributed by atoms with E-state index in [-0.39, 0.29) is 20.8 Å². The van der Waals surface area contributed by atoms with Crippen LogP contribution >= 0.6 is 0 Å². The Labute approximate surface area is 74.8 Å². The summed E-state index contributed by atoms with van der Waals surface area (Å²) in [5, 5.41) is 0. The Morgan fingerprint density at radius 3 is 2.60 bits per heavy atom. The smallest absolute Gasteiger partial charge is 0.565 e. The minimum Gasteiger partial charge on any atom is -0.565 e. The fourth-order valence-corrected chi connectivity index (χ4v) is 1.71. The van der Waals surface area contributed by atoms with Gasteiger partial charge in [0.1, 0.15) is 0 Å². The van der Waals surface area contributed by atoms with Gasteiger partial charge in [0.15, 0.2) is 0 Å². The summed E-state index contributed by atoms with van der Waals surface area (Å²) in [5.41, 5.74) is 0. The van der Waals surface area contributed by atoms with Crippen molar-refractivity contribution in [3.63, 3.8) is 0 Å². The molecule has 0 aliphatic heterocycles. The van der Waals surface area contributed by atoms with Crippen molar-refractivity contribution in [1.29, 1.82) is 0 Å². The predicted octanol–water partition coefficient (Wildman–Crippen LogP) is 2.50. The van der Waals surface area contributed by atoms with Crippen LogP contribution in [0.2, 0.25) is 4.55 Å². The summed E-state index contributed by atoms with van der Waals surface area (Å²) >= 11 is -0.156. The molecule has 2 heteroatoms. The highest BCUT2D eigenvalue weighted by molar-refractivity contribution is 6.27. The van der Waals surface area contributed by atoms with Crippen LogP contribution in [-0.2, 0) is 3.17 Å². The third-order valence-corrected chi connectivity index (χ3v) is 3.45. The summed E-state index contributed by atoms with van der Waals surface area (Å²) in [6.07, 6.45) is 2.50. The fraction of sp³-hybridized carbons (Fsp3) is 1.00. The van der Waals surface area contributed by atoms with Crippen molar-refractivity contribution >= 4 is 20.8 Å². The Bertz CT molecular complexity index is 64.3. The summed E-state index contributed by atoms with van der Waals surface area (Å²) in [4.78, 5) is 0. The Balaban J connectivity index is 2.77. The van der Waals surface area contributed by atoms with Gasteiger partial charge in [-0.05, 0) is 6.42 Å². The molecule has 0 saturated carbocycles. The quantitative estimate of drug-likeness (QED) is 0.422. The molecule has 10 heavy (non-hydrogen) atoms. The second kappa shape index (κ2) is 7.83. The SMILES string of the molecule is CCCC[O][Mg][CH2]C(C)C. The van der Waals surface area contributed by atoms with Crippen molar-refractivity contribution in [2.24, 2.45) is 5.92 Å². The van der Waals surface area contributed by atoms with Gasteiger partial charge in [-0.25, -0.2) is 0 Å². The molecule has 0 spiro atoms. The van der Waals surface area contributed by atoms with Gasteiger partial charge < -0.3 is 3.17 Å². The highest BCUT2D eigenvalue weighted by Crippen LogP contribution is 1.99. The number of hydrogen-bond donors (Lipinski definition) is 0. The van der Waals surface area contributed by atoms with Crippen molar-refractivity contribution in [1.82, 2.24) is 0 Å². The van der Waals surface area contributed by atoms with E-state index in [1.54, 1.807) is 0 Å². The molecule has 0 rings (SSSR count). The maximum absolute atomic E-state index is 5.52. The van der Waals surface area contributed by atoms with Gasteiger partial charge >= 0.3 is 20.8 Å². The summed E-state index contributed by atoms with van der Waals surface area (Å²) in [5.74, 6) is 0.841. The van der Waals surface area contributed by atoms with Gasteiger partial charge in [-0.3, -0.25) is 0 Å². The first-order valence-electron chi connectivity index (χ1n) is 4.35. The monoisotopic (exact) mass is 154 g/mol. The van der Waals surface area contributed by atoms with Crippen LogP contribution in [0.15, 0.2) is 0 Å². The van der Waals surface area contributed by atoms with E-state index in [1.807, 2.05) is 0 Å². The molecule has 0 heterocycles. The maximum Gasteiger partial charge on any atom is 0.566 e. The lowest BCUT2D eigenvalue weighted by atomic mass is 10.3. The Morgan fingerprint density at radius 2 is 2.10 bits per heavy atom. The summed E-state index contributed by atoms with van der Waals surface area (Å²) < 4.78 is 6.86. The first-order valence-corrected chi connectivity index (χ1v) is 5.92. The van der Waals surface area contributed by atoms with E-state index in [9.17, 15) is 0 Å². The molecule has 0 aromatic rings. The molecule has 0 aromatic carbocycles. The molecular weight excluding hydrogens is 136 g/mol. The van der Waals surface area contributed by atoms with Gasteiger partial charge in [-0.2, -0.15) is 0 Å². The maximum atomic E-state index is 5.52. The third kappa shape index (κ3) is 8.73. The Hall–Kier alpha value is 0.726. The van der Waals surface area contributed by atoms with Gasteiger partial charge in [0.25, 0.3) is 0 Å². The van der Waals surface area contributed by atoms with Crippen LogP contribution in [0.25, 0.3) is 0 Å². The van der Waals surface area contributed by atoms with Gasteiger partial charge in [-0.1, -0.05) is 33.1 Å². The molecule has 0 bridgehead atoms. The van der Waals surface area contributed by atoms with Crippen molar-refractivity contribution in [3.05, 3.63) is 0 Å².